The molecule has 1 aliphatic rings. The van der Waals surface area contributed by atoms with Gasteiger partial charge in [-0.05, 0) is 74.8 Å². The van der Waals surface area contributed by atoms with E-state index in [9.17, 15) is 31.1 Å². The van der Waals surface area contributed by atoms with E-state index in [4.69, 9.17) is 23.2 Å². The Morgan fingerprint density at radius 2 is 1.51 bits per heavy atom. The van der Waals surface area contributed by atoms with Gasteiger partial charge in [0.05, 0.1) is 21.2 Å². The highest BCUT2D eigenvalue weighted by molar-refractivity contribution is 6.42. The van der Waals surface area contributed by atoms with Crippen molar-refractivity contribution < 1.29 is 31.1 Å². The second kappa shape index (κ2) is 12.7. The smallest absolute Gasteiger partial charge is 0.351 e. The van der Waals surface area contributed by atoms with Gasteiger partial charge in [-0.2, -0.15) is 26.3 Å². The van der Waals surface area contributed by atoms with Crippen LogP contribution in [-0.2, 0) is 12.4 Å². The summed E-state index contributed by atoms with van der Waals surface area (Å²) >= 11 is 12.1. The largest absolute Gasteiger partial charge is 0.416 e. The Balaban J connectivity index is 1.70. The molecule has 0 saturated carbocycles. The van der Waals surface area contributed by atoms with Crippen LogP contribution in [-0.4, -0.2) is 50.1 Å². The van der Waals surface area contributed by atoms with Gasteiger partial charge in [-0.15, -0.1) is 0 Å². The van der Waals surface area contributed by atoms with Crippen LogP contribution in [0.1, 0.15) is 52.2 Å². The van der Waals surface area contributed by atoms with Gasteiger partial charge in [-0.1, -0.05) is 29.3 Å². The number of hydrogen-bond acceptors (Lipinski definition) is 3. The molecule has 204 valence electrons. The first kappa shape index (κ1) is 29.5. The zero-order valence-corrected chi connectivity index (χ0v) is 21.3. The maximum atomic E-state index is 13.2. The Morgan fingerprint density at radius 3 is 2.08 bits per heavy atom. The summed E-state index contributed by atoms with van der Waals surface area (Å²) in [6.45, 7) is 4.38. The monoisotopic (exact) mass is 569 g/mol. The van der Waals surface area contributed by atoms with Crippen LogP contribution in [0.15, 0.2) is 36.4 Å². The molecule has 2 aromatic carbocycles. The summed E-state index contributed by atoms with van der Waals surface area (Å²) in [4.78, 5) is 15.0. The van der Waals surface area contributed by atoms with Gasteiger partial charge < -0.3 is 15.5 Å². The summed E-state index contributed by atoms with van der Waals surface area (Å²) in [5, 5.41) is 6.46. The van der Waals surface area contributed by atoms with E-state index in [0.29, 0.717) is 35.1 Å². The molecular formula is C25H27Cl2F6N3O. The lowest BCUT2D eigenvalue weighted by Gasteiger charge is -2.20. The molecule has 2 aromatic rings. The lowest BCUT2D eigenvalue weighted by molar-refractivity contribution is -0.143. The molecular weight excluding hydrogens is 543 g/mol. The van der Waals surface area contributed by atoms with Crippen molar-refractivity contribution in [1.82, 2.24) is 15.5 Å². The maximum Gasteiger partial charge on any atom is 0.416 e. The molecule has 1 amide bonds. The molecule has 1 saturated heterocycles. The number of benzene rings is 2. The van der Waals surface area contributed by atoms with Crippen molar-refractivity contribution >= 4 is 29.1 Å². The molecule has 37 heavy (non-hydrogen) atoms. The fraction of sp³-hybridized carbons (Fsp3) is 0.480. The summed E-state index contributed by atoms with van der Waals surface area (Å²) in [7, 11) is 0. The highest BCUT2D eigenvalue weighted by Gasteiger charge is 2.37. The molecule has 0 aromatic heterocycles. The van der Waals surface area contributed by atoms with Gasteiger partial charge in [-0.25, -0.2) is 0 Å². The number of carbonyl (C=O) groups is 1. The number of alkyl halides is 6. The Kier molecular flexibility index (Phi) is 10.1. The summed E-state index contributed by atoms with van der Waals surface area (Å²) in [6.07, 6.45) is -7.17. The van der Waals surface area contributed by atoms with E-state index in [1.54, 1.807) is 18.2 Å². The molecule has 0 spiro atoms. The minimum absolute atomic E-state index is 0.0108. The Bertz CT molecular complexity index is 1040. The molecule has 0 radical (unpaired) electrons. The zero-order valence-electron chi connectivity index (χ0n) is 19.8. The van der Waals surface area contributed by atoms with Gasteiger partial charge in [0.15, 0.2) is 0 Å². The van der Waals surface area contributed by atoms with Gasteiger partial charge in [0.2, 0.25) is 0 Å². The number of amides is 1. The highest BCUT2D eigenvalue weighted by Crippen LogP contribution is 2.36. The first-order chi connectivity index (χ1) is 17.3. The average Bonchev–Trinajstić information content (AvgIpc) is 3.34. The number of rotatable bonds is 10. The molecule has 12 heteroatoms. The lowest BCUT2D eigenvalue weighted by Crippen LogP contribution is -2.33. The number of likely N-dealkylation sites (tertiary alicyclic amines) is 1. The fourth-order valence-corrected chi connectivity index (χ4v) is 4.51. The normalized spacial score (nSPS) is 15.7. The van der Waals surface area contributed by atoms with Gasteiger partial charge in [0.1, 0.15) is 0 Å². The first-order valence-corrected chi connectivity index (χ1v) is 12.6. The second-order valence-corrected chi connectivity index (χ2v) is 9.78. The third kappa shape index (κ3) is 8.77. The molecule has 1 atom stereocenters. The van der Waals surface area contributed by atoms with Crippen LogP contribution in [0.25, 0.3) is 0 Å². The third-order valence-corrected chi connectivity index (χ3v) is 6.99. The molecule has 0 aliphatic carbocycles. The fourth-order valence-electron chi connectivity index (χ4n) is 4.20. The quantitative estimate of drug-likeness (QED) is 0.249. The van der Waals surface area contributed by atoms with Gasteiger partial charge >= 0.3 is 12.4 Å². The number of carbonyl (C=O) groups excluding carboxylic acids is 1. The maximum absolute atomic E-state index is 13.2. The molecule has 1 fully saturated rings. The predicted octanol–water partition coefficient (Wildman–Crippen LogP) is 6.62. The van der Waals surface area contributed by atoms with Crippen molar-refractivity contribution in [2.75, 3.05) is 39.3 Å². The first-order valence-electron chi connectivity index (χ1n) is 11.8. The van der Waals surface area contributed by atoms with Gasteiger partial charge in [0, 0.05) is 31.1 Å². The van der Waals surface area contributed by atoms with Crippen molar-refractivity contribution in [1.29, 1.82) is 0 Å². The van der Waals surface area contributed by atoms with E-state index < -0.39 is 35.0 Å². The van der Waals surface area contributed by atoms with E-state index in [1.165, 1.54) is 12.8 Å². The van der Waals surface area contributed by atoms with E-state index in [0.717, 1.165) is 31.7 Å². The van der Waals surface area contributed by atoms with Crippen molar-refractivity contribution in [3.63, 3.8) is 0 Å². The van der Waals surface area contributed by atoms with Crippen molar-refractivity contribution in [3.05, 3.63) is 68.7 Å². The van der Waals surface area contributed by atoms with E-state index in [2.05, 4.69) is 15.5 Å². The van der Waals surface area contributed by atoms with Gasteiger partial charge in [-0.3, -0.25) is 4.79 Å². The Hall–Kier alpha value is -2.01. The molecule has 2 N–H and O–H groups in total. The van der Waals surface area contributed by atoms with Crippen LogP contribution < -0.4 is 10.6 Å². The molecule has 3 rings (SSSR count). The topological polar surface area (TPSA) is 44.4 Å². The predicted molar refractivity (Wildman–Crippen MR) is 131 cm³/mol. The van der Waals surface area contributed by atoms with Crippen molar-refractivity contribution in [3.8, 4) is 0 Å². The minimum atomic E-state index is -5.04. The number of halogens is 8. The summed E-state index contributed by atoms with van der Waals surface area (Å²) in [5.74, 6) is -1.35. The molecule has 0 bridgehead atoms. The summed E-state index contributed by atoms with van der Waals surface area (Å²) < 4.78 is 79.0. The van der Waals surface area contributed by atoms with Crippen LogP contribution in [0.2, 0.25) is 10.0 Å². The molecule has 4 nitrogen and oxygen atoms in total. The zero-order chi connectivity index (χ0) is 27.2. The van der Waals surface area contributed by atoms with Crippen LogP contribution in [0.5, 0.6) is 0 Å². The second-order valence-electron chi connectivity index (χ2n) is 8.96. The van der Waals surface area contributed by atoms with E-state index in [-0.39, 0.29) is 18.5 Å². The van der Waals surface area contributed by atoms with Crippen LogP contribution in [0, 0.1) is 0 Å². The third-order valence-electron chi connectivity index (χ3n) is 6.25. The molecule has 1 unspecified atom stereocenters. The highest BCUT2D eigenvalue weighted by atomic mass is 35.5. The molecule has 1 heterocycles. The SMILES string of the molecule is O=C(NCC(CCNCCN1CCCC1)c1ccc(Cl)c(Cl)c1)c1cc(C(F)(F)F)cc(C(F)(F)F)c1. The number of nitrogens with one attached hydrogen (secondary N) is 2. The lowest BCUT2D eigenvalue weighted by atomic mass is 9.95. The average molecular weight is 570 g/mol. The van der Waals surface area contributed by atoms with Crippen LogP contribution in [0.4, 0.5) is 26.3 Å². The standard InChI is InChI=1S/C25H27Cl2F6N3O/c26-21-4-3-16(13-22(21)27)17(5-6-34-7-10-36-8-1-2-9-36)15-35-23(37)18-11-19(24(28,29)30)14-20(12-18)25(31,32)33/h3-4,11-14,17,34H,1-2,5-10,15H2,(H,35,37). The molecule has 1 aliphatic heterocycles. The number of hydrogen-bond donors (Lipinski definition) is 2. The van der Waals surface area contributed by atoms with E-state index in [1.807, 2.05) is 0 Å². The van der Waals surface area contributed by atoms with Crippen LogP contribution >= 0.6 is 23.2 Å². The van der Waals surface area contributed by atoms with Crippen molar-refractivity contribution in [2.45, 2.75) is 37.5 Å². The summed E-state index contributed by atoms with van der Waals surface area (Å²) in [5.41, 5.74) is -3.08. The minimum Gasteiger partial charge on any atom is -0.351 e. The van der Waals surface area contributed by atoms with Crippen LogP contribution in [0.3, 0.4) is 0 Å². The van der Waals surface area contributed by atoms with Gasteiger partial charge in [0.25, 0.3) is 5.91 Å². The Morgan fingerprint density at radius 1 is 0.892 bits per heavy atom. The number of nitrogens with zero attached hydrogens (tertiary/aromatic N) is 1. The van der Waals surface area contributed by atoms with Crippen molar-refractivity contribution in [2.24, 2.45) is 0 Å². The summed E-state index contributed by atoms with van der Waals surface area (Å²) in [6, 6.07) is 5.77. The van der Waals surface area contributed by atoms with E-state index >= 15 is 0 Å². The Labute approximate surface area is 221 Å².